The summed E-state index contributed by atoms with van der Waals surface area (Å²) in [4.78, 5) is 12.7. The van der Waals surface area contributed by atoms with Crippen molar-refractivity contribution in [3.05, 3.63) is 10.4 Å². The van der Waals surface area contributed by atoms with Gasteiger partial charge in [0.1, 0.15) is 12.3 Å². The van der Waals surface area contributed by atoms with E-state index in [4.69, 9.17) is 5.53 Å². The molecule has 0 spiro atoms. The van der Waals surface area contributed by atoms with E-state index in [1.807, 2.05) is 6.92 Å². The SMILES string of the molecule is CCSCC(C=O)N=[N+]=[N-]. The highest BCUT2D eigenvalue weighted by atomic mass is 32.2. The van der Waals surface area contributed by atoms with Gasteiger partial charge >= 0.3 is 0 Å². The third-order valence-electron chi connectivity index (χ3n) is 0.850. The Morgan fingerprint density at radius 1 is 1.90 bits per heavy atom. The number of hydrogen-bond acceptors (Lipinski definition) is 3. The fraction of sp³-hybridized carbons (Fsp3) is 0.800. The van der Waals surface area contributed by atoms with E-state index in [1.165, 1.54) is 0 Å². The lowest BCUT2D eigenvalue weighted by atomic mass is 10.4. The highest BCUT2D eigenvalue weighted by molar-refractivity contribution is 7.99. The zero-order chi connectivity index (χ0) is 7.82. The highest BCUT2D eigenvalue weighted by Crippen LogP contribution is 2.02. The first-order chi connectivity index (χ1) is 4.85. The number of aldehydes is 1. The Labute approximate surface area is 63.6 Å². The number of thioether (sulfide) groups is 1. The predicted octanol–water partition coefficient (Wildman–Crippen LogP) is 1.62. The second-order valence-corrected chi connectivity index (χ2v) is 2.89. The summed E-state index contributed by atoms with van der Waals surface area (Å²) in [5.74, 6) is 1.52. The Hall–Kier alpha value is -0.670. The Bertz CT molecular complexity index is 144. The lowest BCUT2D eigenvalue weighted by Crippen LogP contribution is -2.07. The largest absolute Gasteiger partial charge is 0.303 e. The normalized spacial score (nSPS) is 11.7. The van der Waals surface area contributed by atoms with Gasteiger partial charge in [0.05, 0.1) is 0 Å². The van der Waals surface area contributed by atoms with Crippen LogP contribution in [-0.2, 0) is 4.79 Å². The number of carbonyl (C=O) groups excluding carboxylic acids is 1. The van der Waals surface area contributed by atoms with Crippen molar-refractivity contribution < 1.29 is 4.79 Å². The minimum atomic E-state index is -0.491. The Morgan fingerprint density at radius 2 is 2.60 bits per heavy atom. The molecule has 0 rings (SSSR count). The number of carbonyl (C=O) groups is 1. The summed E-state index contributed by atoms with van der Waals surface area (Å²) in [6, 6.07) is -0.491. The minimum absolute atomic E-state index is 0.491. The fourth-order valence-electron chi connectivity index (χ4n) is 0.405. The van der Waals surface area contributed by atoms with Gasteiger partial charge < -0.3 is 4.79 Å². The van der Waals surface area contributed by atoms with Gasteiger partial charge in [-0.05, 0) is 11.3 Å². The lowest BCUT2D eigenvalue weighted by Gasteiger charge is -1.98. The molecule has 0 aromatic heterocycles. The van der Waals surface area contributed by atoms with Crippen LogP contribution in [0.3, 0.4) is 0 Å². The van der Waals surface area contributed by atoms with Crippen LogP contribution in [0, 0.1) is 0 Å². The molecule has 0 aromatic rings. The van der Waals surface area contributed by atoms with Crippen LogP contribution in [0.25, 0.3) is 10.4 Å². The molecule has 1 atom stereocenters. The molecular formula is C5H9N3OS. The van der Waals surface area contributed by atoms with Crippen molar-refractivity contribution in [2.24, 2.45) is 5.11 Å². The molecule has 0 heterocycles. The fourth-order valence-corrected chi connectivity index (χ4v) is 1.03. The standard InChI is InChI=1S/C5H9N3OS/c1-2-10-4-5(3-9)7-8-6/h3,5H,2,4H2,1H3. The summed E-state index contributed by atoms with van der Waals surface area (Å²) in [7, 11) is 0. The quantitative estimate of drug-likeness (QED) is 0.265. The topological polar surface area (TPSA) is 65.8 Å². The molecule has 10 heavy (non-hydrogen) atoms. The average molecular weight is 159 g/mol. The van der Waals surface area contributed by atoms with Crippen LogP contribution in [0.2, 0.25) is 0 Å². The molecule has 0 bridgehead atoms. The molecular weight excluding hydrogens is 150 g/mol. The molecule has 0 saturated heterocycles. The third kappa shape index (κ3) is 4.23. The van der Waals surface area contributed by atoms with Crippen molar-refractivity contribution in [1.29, 1.82) is 0 Å². The maximum absolute atomic E-state index is 10.1. The number of rotatable bonds is 5. The van der Waals surface area contributed by atoms with Crippen LogP contribution in [0.4, 0.5) is 0 Å². The van der Waals surface area contributed by atoms with Crippen LogP contribution in [-0.4, -0.2) is 23.8 Å². The average Bonchev–Trinajstić information content (AvgIpc) is 1.98. The van der Waals surface area contributed by atoms with E-state index >= 15 is 0 Å². The van der Waals surface area contributed by atoms with Gasteiger partial charge in [-0.15, -0.1) is 0 Å². The maximum atomic E-state index is 10.1. The summed E-state index contributed by atoms with van der Waals surface area (Å²) in [5.41, 5.74) is 7.96. The van der Waals surface area contributed by atoms with E-state index in [0.717, 1.165) is 5.75 Å². The molecule has 0 N–H and O–H groups in total. The smallest absolute Gasteiger partial charge is 0.129 e. The van der Waals surface area contributed by atoms with Gasteiger partial charge in [0.15, 0.2) is 0 Å². The number of azide groups is 1. The predicted molar refractivity (Wildman–Crippen MR) is 42.0 cm³/mol. The summed E-state index contributed by atoms with van der Waals surface area (Å²) in [6.45, 7) is 1.99. The zero-order valence-corrected chi connectivity index (χ0v) is 6.54. The van der Waals surface area contributed by atoms with Crippen molar-refractivity contribution in [3.8, 4) is 0 Å². The Balaban J connectivity index is 3.60. The van der Waals surface area contributed by atoms with Crippen LogP contribution in [0.1, 0.15) is 6.92 Å². The second kappa shape index (κ2) is 6.45. The number of nitrogens with zero attached hydrogens (tertiary/aromatic N) is 3. The van der Waals surface area contributed by atoms with Crippen LogP contribution >= 0.6 is 11.8 Å². The van der Waals surface area contributed by atoms with Crippen molar-refractivity contribution in [2.75, 3.05) is 11.5 Å². The molecule has 0 aliphatic rings. The van der Waals surface area contributed by atoms with E-state index < -0.39 is 6.04 Å². The maximum Gasteiger partial charge on any atom is 0.129 e. The highest BCUT2D eigenvalue weighted by Gasteiger charge is 2.01. The van der Waals surface area contributed by atoms with Crippen molar-refractivity contribution in [2.45, 2.75) is 13.0 Å². The molecule has 56 valence electrons. The lowest BCUT2D eigenvalue weighted by molar-refractivity contribution is -0.108. The molecule has 0 aliphatic heterocycles. The second-order valence-electron chi connectivity index (χ2n) is 1.57. The van der Waals surface area contributed by atoms with Crippen LogP contribution in [0.5, 0.6) is 0 Å². The molecule has 4 nitrogen and oxygen atoms in total. The molecule has 0 aliphatic carbocycles. The van der Waals surface area contributed by atoms with Crippen molar-refractivity contribution in [3.63, 3.8) is 0 Å². The molecule has 0 fully saturated rings. The van der Waals surface area contributed by atoms with Crippen LogP contribution in [0.15, 0.2) is 5.11 Å². The molecule has 0 aromatic carbocycles. The van der Waals surface area contributed by atoms with Crippen molar-refractivity contribution in [1.82, 2.24) is 0 Å². The van der Waals surface area contributed by atoms with Crippen molar-refractivity contribution >= 4 is 18.0 Å². The first-order valence-electron chi connectivity index (χ1n) is 2.92. The van der Waals surface area contributed by atoms with Gasteiger partial charge in [0.2, 0.25) is 0 Å². The van der Waals surface area contributed by atoms with E-state index in [2.05, 4.69) is 10.0 Å². The van der Waals surface area contributed by atoms with E-state index in [9.17, 15) is 4.79 Å². The molecule has 5 heteroatoms. The molecule has 1 unspecified atom stereocenters. The van der Waals surface area contributed by atoms with E-state index in [1.54, 1.807) is 11.8 Å². The summed E-state index contributed by atoms with van der Waals surface area (Å²) >= 11 is 1.58. The van der Waals surface area contributed by atoms with Gasteiger partial charge in [0, 0.05) is 10.7 Å². The number of hydrogen-bond donors (Lipinski definition) is 0. The monoisotopic (exact) mass is 159 g/mol. The molecule has 0 saturated carbocycles. The summed E-state index contributed by atoms with van der Waals surface area (Å²) in [6.07, 6.45) is 0.669. The molecule has 0 radical (unpaired) electrons. The summed E-state index contributed by atoms with van der Waals surface area (Å²) in [5, 5.41) is 3.27. The minimum Gasteiger partial charge on any atom is -0.303 e. The zero-order valence-electron chi connectivity index (χ0n) is 5.73. The van der Waals surface area contributed by atoms with E-state index in [-0.39, 0.29) is 0 Å². The van der Waals surface area contributed by atoms with Gasteiger partial charge in [-0.25, -0.2) is 0 Å². The molecule has 0 amide bonds. The first-order valence-corrected chi connectivity index (χ1v) is 4.07. The Morgan fingerprint density at radius 3 is 3.00 bits per heavy atom. The van der Waals surface area contributed by atoms with E-state index in [0.29, 0.717) is 12.0 Å². The first kappa shape index (κ1) is 9.33. The van der Waals surface area contributed by atoms with Gasteiger partial charge in [-0.3, -0.25) is 0 Å². The van der Waals surface area contributed by atoms with Gasteiger partial charge in [-0.2, -0.15) is 11.8 Å². The summed E-state index contributed by atoms with van der Waals surface area (Å²) < 4.78 is 0. The Kier molecular flexibility index (Phi) is 6.02. The van der Waals surface area contributed by atoms with Crippen LogP contribution < -0.4 is 0 Å². The van der Waals surface area contributed by atoms with Gasteiger partial charge in [0.25, 0.3) is 0 Å². The van der Waals surface area contributed by atoms with Gasteiger partial charge in [-0.1, -0.05) is 12.0 Å². The third-order valence-corrected chi connectivity index (χ3v) is 1.84.